The van der Waals surface area contributed by atoms with Crippen molar-refractivity contribution in [3.63, 3.8) is 0 Å². The fraction of sp³-hybridized carbons (Fsp3) is 0.0588. The average Bonchev–Trinajstić information content (AvgIpc) is 3.02. The Morgan fingerprint density at radius 3 is 2.61 bits per heavy atom. The molecule has 116 valence electrons. The van der Waals surface area contributed by atoms with Gasteiger partial charge in [-0.3, -0.25) is 0 Å². The predicted molar refractivity (Wildman–Crippen MR) is 93.3 cm³/mol. The van der Waals surface area contributed by atoms with Crippen molar-refractivity contribution in [2.45, 2.75) is 6.54 Å². The van der Waals surface area contributed by atoms with Gasteiger partial charge in [0.2, 0.25) is 0 Å². The third-order valence-electron chi connectivity index (χ3n) is 3.28. The van der Waals surface area contributed by atoms with Crippen LogP contribution in [0.2, 0.25) is 5.02 Å². The summed E-state index contributed by atoms with van der Waals surface area (Å²) < 4.78 is 0. The van der Waals surface area contributed by atoms with E-state index in [0.29, 0.717) is 11.6 Å². The zero-order valence-electron chi connectivity index (χ0n) is 12.0. The topological polar surface area (TPSA) is 62.2 Å². The van der Waals surface area contributed by atoms with E-state index in [1.165, 1.54) is 0 Å². The number of nitrogens with one attached hydrogen (secondary N) is 1. The van der Waals surface area contributed by atoms with Crippen molar-refractivity contribution in [1.82, 2.24) is 4.98 Å². The van der Waals surface area contributed by atoms with Crippen LogP contribution in [0.25, 0.3) is 11.3 Å². The monoisotopic (exact) mass is 344 g/mol. The summed E-state index contributed by atoms with van der Waals surface area (Å²) in [7, 11) is 0. The van der Waals surface area contributed by atoms with Gasteiger partial charge in [-0.2, -0.15) is 0 Å². The largest absolute Gasteiger partial charge is 0.478 e. The number of hydrogen-bond donors (Lipinski definition) is 2. The molecular weight excluding hydrogens is 332 g/mol. The normalized spacial score (nSPS) is 10.5. The Morgan fingerprint density at radius 1 is 1.17 bits per heavy atom. The van der Waals surface area contributed by atoms with Gasteiger partial charge in [0.1, 0.15) is 5.01 Å². The molecule has 0 aliphatic heterocycles. The second-order valence-corrected chi connectivity index (χ2v) is 6.19. The van der Waals surface area contributed by atoms with Crippen LogP contribution in [-0.4, -0.2) is 16.1 Å². The van der Waals surface area contributed by atoms with Gasteiger partial charge in [-0.15, -0.1) is 11.3 Å². The quantitative estimate of drug-likeness (QED) is 0.699. The number of nitrogens with zero attached hydrogens (tertiary/aromatic N) is 1. The number of anilines is 1. The first kappa shape index (κ1) is 15.5. The molecule has 3 aromatic rings. The molecule has 23 heavy (non-hydrogen) atoms. The summed E-state index contributed by atoms with van der Waals surface area (Å²) in [6, 6.07) is 14.2. The Morgan fingerprint density at radius 2 is 1.91 bits per heavy atom. The Labute approximate surface area is 142 Å². The maximum atomic E-state index is 10.8. The first-order valence-electron chi connectivity index (χ1n) is 6.90. The first-order valence-corrected chi connectivity index (χ1v) is 8.16. The predicted octanol–water partition coefficient (Wildman–Crippen LogP) is 4.77. The summed E-state index contributed by atoms with van der Waals surface area (Å²) in [5.41, 5.74) is 2.90. The molecule has 0 saturated carbocycles. The van der Waals surface area contributed by atoms with E-state index >= 15 is 0 Å². The molecule has 6 heteroatoms. The molecule has 2 aromatic carbocycles. The van der Waals surface area contributed by atoms with E-state index in [1.54, 1.807) is 35.6 Å². The summed E-state index contributed by atoms with van der Waals surface area (Å²) in [6.45, 7) is 0.571. The molecule has 0 atom stereocenters. The molecule has 3 rings (SSSR count). The van der Waals surface area contributed by atoms with Crippen LogP contribution < -0.4 is 5.32 Å². The number of carboxylic acids is 1. The zero-order valence-corrected chi connectivity index (χ0v) is 13.6. The number of benzene rings is 2. The van der Waals surface area contributed by atoms with Gasteiger partial charge in [-0.05, 0) is 30.3 Å². The molecule has 0 spiro atoms. The van der Waals surface area contributed by atoms with Crippen LogP contribution >= 0.6 is 22.9 Å². The van der Waals surface area contributed by atoms with E-state index in [4.69, 9.17) is 16.7 Å². The Bertz CT molecular complexity index is 831. The molecule has 0 unspecified atom stereocenters. The lowest BCUT2D eigenvalue weighted by Gasteiger charge is -2.04. The van der Waals surface area contributed by atoms with Gasteiger partial charge in [0.25, 0.3) is 0 Å². The van der Waals surface area contributed by atoms with E-state index in [9.17, 15) is 4.79 Å². The highest BCUT2D eigenvalue weighted by atomic mass is 35.5. The Hall–Kier alpha value is -2.37. The number of carbonyl (C=O) groups is 1. The maximum Gasteiger partial charge on any atom is 0.335 e. The smallest absolute Gasteiger partial charge is 0.335 e. The number of aromatic nitrogens is 1. The second-order valence-electron chi connectivity index (χ2n) is 4.84. The van der Waals surface area contributed by atoms with Crippen LogP contribution in [0, 0.1) is 0 Å². The minimum Gasteiger partial charge on any atom is -0.478 e. The molecular formula is C17H13ClN2O2S. The second kappa shape index (κ2) is 6.81. The minimum absolute atomic E-state index is 0.269. The molecule has 0 amide bonds. The highest BCUT2D eigenvalue weighted by molar-refractivity contribution is 7.10. The summed E-state index contributed by atoms with van der Waals surface area (Å²) in [5, 5.41) is 15.7. The third kappa shape index (κ3) is 3.70. The van der Waals surface area contributed by atoms with Crippen molar-refractivity contribution in [1.29, 1.82) is 0 Å². The van der Waals surface area contributed by atoms with E-state index in [2.05, 4.69) is 10.3 Å². The van der Waals surface area contributed by atoms with Gasteiger partial charge in [0, 0.05) is 21.7 Å². The summed E-state index contributed by atoms with van der Waals surface area (Å²) in [6.07, 6.45) is 0. The van der Waals surface area contributed by atoms with Crippen molar-refractivity contribution >= 4 is 34.6 Å². The summed E-state index contributed by atoms with van der Waals surface area (Å²) >= 11 is 7.74. The Balaban J connectivity index is 1.68. The lowest BCUT2D eigenvalue weighted by atomic mass is 10.2. The van der Waals surface area contributed by atoms with Crippen LogP contribution in [-0.2, 0) is 6.54 Å². The fourth-order valence-electron chi connectivity index (χ4n) is 2.09. The van der Waals surface area contributed by atoms with Gasteiger partial charge in [-0.25, -0.2) is 9.78 Å². The molecule has 0 aliphatic carbocycles. The molecule has 1 aromatic heterocycles. The van der Waals surface area contributed by atoms with Crippen LogP contribution in [0.3, 0.4) is 0 Å². The summed E-state index contributed by atoms with van der Waals surface area (Å²) in [4.78, 5) is 15.4. The molecule has 0 bridgehead atoms. The molecule has 0 aliphatic rings. The van der Waals surface area contributed by atoms with Crippen molar-refractivity contribution in [2.24, 2.45) is 0 Å². The highest BCUT2D eigenvalue weighted by Crippen LogP contribution is 2.28. The lowest BCUT2D eigenvalue weighted by Crippen LogP contribution is -2.00. The lowest BCUT2D eigenvalue weighted by molar-refractivity contribution is 0.0697. The van der Waals surface area contributed by atoms with E-state index in [0.717, 1.165) is 22.0 Å². The number of thiazole rings is 1. The van der Waals surface area contributed by atoms with Crippen molar-refractivity contribution in [2.75, 3.05) is 5.32 Å². The molecule has 4 nitrogen and oxygen atoms in total. The third-order valence-corrected chi connectivity index (χ3v) is 4.46. The number of aromatic carboxylic acids is 1. The van der Waals surface area contributed by atoms with Gasteiger partial charge in [0.15, 0.2) is 0 Å². The van der Waals surface area contributed by atoms with Gasteiger partial charge in [0.05, 0.1) is 17.8 Å². The van der Waals surface area contributed by atoms with Gasteiger partial charge in [-0.1, -0.05) is 29.8 Å². The molecule has 0 fully saturated rings. The fourth-order valence-corrected chi connectivity index (χ4v) is 3.06. The number of hydrogen-bond acceptors (Lipinski definition) is 4. The minimum atomic E-state index is -0.930. The van der Waals surface area contributed by atoms with Crippen LogP contribution in [0.1, 0.15) is 15.4 Å². The Kier molecular flexibility index (Phi) is 4.60. The van der Waals surface area contributed by atoms with E-state index in [1.807, 2.05) is 29.6 Å². The van der Waals surface area contributed by atoms with Crippen molar-refractivity contribution in [3.8, 4) is 11.3 Å². The van der Waals surface area contributed by atoms with Crippen LogP contribution in [0.4, 0.5) is 5.69 Å². The number of halogens is 1. The van der Waals surface area contributed by atoms with Gasteiger partial charge < -0.3 is 10.4 Å². The SMILES string of the molecule is O=C(O)c1ccc(NCc2nc(-c3ccccc3Cl)cs2)cc1. The van der Waals surface area contributed by atoms with Crippen molar-refractivity contribution in [3.05, 3.63) is 69.5 Å². The standard InChI is InChI=1S/C17H13ClN2O2S/c18-14-4-2-1-3-13(14)15-10-23-16(20-15)9-19-12-7-5-11(6-8-12)17(21)22/h1-8,10,19H,9H2,(H,21,22). The van der Waals surface area contributed by atoms with Crippen LogP contribution in [0.15, 0.2) is 53.9 Å². The number of rotatable bonds is 5. The van der Waals surface area contributed by atoms with E-state index in [-0.39, 0.29) is 5.56 Å². The molecule has 0 saturated heterocycles. The van der Waals surface area contributed by atoms with E-state index < -0.39 is 5.97 Å². The van der Waals surface area contributed by atoms with Crippen molar-refractivity contribution < 1.29 is 9.90 Å². The average molecular weight is 345 g/mol. The first-order chi connectivity index (χ1) is 11.1. The molecule has 1 heterocycles. The van der Waals surface area contributed by atoms with Crippen LogP contribution in [0.5, 0.6) is 0 Å². The number of carboxylic acid groups (broad SMARTS) is 1. The van der Waals surface area contributed by atoms with Gasteiger partial charge >= 0.3 is 5.97 Å². The maximum absolute atomic E-state index is 10.8. The molecule has 2 N–H and O–H groups in total. The highest BCUT2D eigenvalue weighted by Gasteiger charge is 2.08. The summed E-state index contributed by atoms with van der Waals surface area (Å²) in [5.74, 6) is -0.930. The molecule has 0 radical (unpaired) electrons. The zero-order chi connectivity index (χ0) is 16.2.